The number of amides is 1. The Balaban J connectivity index is 1.47. The van der Waals surface area contributed by atoms with Crippen molar-refractivity contribution >= 4 is 27.7 Å². The van der Waals surface area contributed by atoms with E-state index < -0.39 is 15.9 Å². The minimum Gasteiger partial charge on any atom is -0.497 e. The maximum Gasteiger partial charge on any atom is 0.269 e. The summed E-state index contributed by atoms with van der Waals surface area (Å²) in [4.78, 5) is 12.5. The lowest BCUT2D eigenvalue weighted by Crippen LogP contribution is -2.32. The molecule has 0 N–H and O–H groups in total. The van der Waals surface area contributed by atoms with Crippen LogP contribution >= 0.6 is 11.8 Å². The van der Waals surface area contributed by atoms with Crippen LogP contribution < -0.4 is 4.74 Å². The van der Waals surface area contributed by atoms with Gasteiger partial charge < -0.3 is 4.74 Å². The molecule has 28 heavy (non-hydrogen) atoms. The monoisotopic (exact) mass is 416 g/mol. The maximum absolute atomic E-state index is 12.6. The Morgan fingerprint density at radius 3 is 2.57 bits per heavy atom. The van der Waals surface area contributed by atoms with Crippen LogP contribution in [0.3, 0.4) is 0 Å². The summed E-state index contributed by atoms with van der Waals surface area (Å²) in [7, 11) is -2.19. The molecular weight excluding hydrogens is 400 g/mol. The highest BCUT2D eigenvalue weighted by atomic mass is 32.2. The van der Waals surface area contributed by atoms with Crippen molar-refractivity contribution < 1.29 is 17.9 Å². The molecule has 10 heteroatoms. The van der Waals surface area contributed by atoms with Crippen molar-refractivity contribution in [2.75, 3.05) is 19.4 Å². The minimum absolute atomic E-state index is 0.0516. The van der Waals surface area contributed by atoms with Crippen LogP contribution in [-0.2, 0) is 10.0 Å². The summed E-state index contributed by atoms with van der Waals surface area (Å²) in [6.45, 7) is 0.0516. The third kappa shape index (κ3) is 3.14. The Kier molecular flexibility index (Phi) is 4.82. The molecule has 8 nitrogen and oxygen atoms in total. The highest BCUT2D eigenvalue weighted by Gasteiger charge is 2.40. The molecule has 0 spiro atoms. The summed E-state index contributed by atoms with van der Waals surface area (Å²) in [5.41, 5.74) is 1.07. The molecular formula is C18H16N4O4S2. The van der Waals surface area contributed by atoms with Gasteiger partial charge in [0.1, 0.15) is 17.0 Å². The van der Waals surface area contributed by atoms with Crippen LogP contribution in [0.15, 0.2) is 64.9 Å². The number of hydrogen-bond donors (Lipinski definition) is 0. The van der Waals surface area contributed by atoms with E-state index in [1.165, 1.54) is 23.9 Å². The van der Waals surface area contributed by atoms with Crippen LogP contribution in [0.4, 0.5) is 0 Å². The quantitative estimate of drug-likeness (QED) is 0.569. The van der Waals surface area contributed by atoms with Crippen molar-refractivity contribution in [2.24, 2.45) is 0 Å². The summed E-state index contributed by atoms with van der Waals surface area (Å²) in [6, 6.07) is 13.7. The largest absolute Gasteiger partial charge is 0.497 e. The molecule has 1 aromatic heterocycles. The van der Waals surface area contributed by atoms with Gasteiger partial charge in [0.15, 0.2) is 5.16 Å². The number of methoxy groups -OCH3 is 1. The molecule has 0 radical (unpaired) electrons. The van der Waals surface area contributed by atoms with Crippen molar-refractivity contribution in [3.8, 4) is 11.4 Å². The van der Waals surface area contributed by atoms with E-state index in [0.717, 1.165) is 15.7 Å². The van der Waals surface area contributed by atoms with Crippen LogP contribution in [0.25, 0.3) is 5.69 Å². The summed E-state index contributed by atoms with van der Waals surface area (Å²) in [5, 5.41) is 8.62. The predicted molar refractivity (Wildman–Crippen MR) is 103 cm³/mol. The van der Waals surface area contributed by atoms with E-state index >= 15 is 0 Å². The van der Waals surface area contributed by atoms with Crippen LogP contribution in [0.2, 0.25) is 0 Å². The molecule has 1 amide bonds. The smallest absolute Gasteiger partial charge is 0.269 e. The second-order valence-corrected chi connectivity index (χ2v) is 8.80. The Labute approximate surface area is 166 Å². The van der Waals surface area contributed by atoms with Crippen molar-refractivity contribution in [3.63, 3.8) is 0 Å². The van der Waals surface area contributed by atoms with Gasteiger partial charge in [0, 0.05) is 18.0 Å². The van der Waals surface area contributed by atoms with Gasteiger partial charge in [-0.2, -0.15) is 0 Å². The average molecular weight is 416 g/mol. The van der Waals surface area contributed by atoms with Gasteiger partial charge in [-0.05, 0) is 36.4 Å². The number of fused-ring (bicyclic) bond motifs is 1. The van der Waals surface area contributed by atoms with Gasteiger partial charge in [0.2, 0.25) is 0 Å². The zero-order valence-corrected chi connectivity index (χ0v) is 16.5. The van der Waals surface area contributed by atoms with Gasteiger partial charge in [-0.1, -0.05) is 23.9 Å². The second kappa shape index (κ2) is 7.28. The van der Waals surface area contributed by atoms with Crippen LogP contribution in [-0.4, -0.2) is 52.8 Å². The zero-order valence-electron chi connectivity index (χ0n) is 14.8. The van der Waals surface area contributed by atoms with Gasteiger partial charge >= 0.3 is 0 Å². The van der Waals surface area contributed by atoms with Gasteiger partial charge in [-0.25, -0.2) is 12.7 Å². The van der Waals surface area contributed by atoms with Crippen LogP contribution in [0.1, 0.15) is 10.4 Å². The predicted octanol–water partition coefficient (Wildman–Crippen LogP) is 2.21. The molecule has 0 atom stereocenters. The second-order valence-electron chi connectivity index (χ2n) is 5.91. The first kappa shape index (κ1) is 18.5. The Bertz CT molecular complexity index is 1130. The molecule has 144 valence electrons. The molecule has 0 bridgehead atoms. The van der Waals surface area contributed by atoms with Gasteiger partial charge in [0.05, 0.1) is 12.7 Å². The molecule has 0 saturated carbocycles. The highest BCUT2D eigenvalue weighted by Crippen LogP contribution is 2.30. The number of aromatic nitrogens is 3. The number of sulfonamides is 1. The van der Waals surface area contributed by atoms with Crippen molar-refractivity contribution in [1.82, 2.24) is 19.1 Å². The first-order chi connectivity index (χ1) is 13.5. The SMILES string of the molecule is COc1ccc(-n2cnnc2SCCN2C(=O)c3ccccc3S2(=O)=O)cc1. The molecule has 0 unspecified atom stereocenters. The molecule has 4 rings (SSSR count). The van der Waals surface area contributed by atoms with Gasteiger partial charge in [-0.3, -0.25) is 9.36 Å². The number of hydrogen-bond acceptors (Lipinski definition) is 7. The van der Waals surface area contributed by atoms with Crippen molar-refractivity contribution in [2.45, 2.75) is 10.1 Å². The normalized spacial score (nSPS) is 14.9. The minimum atomic E-state index is -3.79. The lowest BCUT2D eigenvalue weighted by Gasteiger charge is -2.14. The summed E-state index contributed by atoms with van der Waals surface area (Å²) < 4.78 is 33.0. The topological polar surface area (TPSA) is 94.4 Å². The lowest BCUT2D eigenvalue weighted by molar-refractivity contribution is 0.0876. The van der Waals surface area contributed by atoms with E-state index in [1.807, 2.05) is 24.3 Å². The molecule has 1 aliphatic heterocycles. The summed E-state index contributed by atoms with van der Waals surface area (Å²) >= 11 is 1.33. The van der Waals surface area contributed by atoms with Gasteiger partial charge in [-0.15, -0.1) is 10.2 Å². The number of carbonyl (C=O) groups excluding carboxylic acids is 1. The Morgan fingerprint density at radius 1 is 1.11 bits per heavy atom. The fourth-order valence-electron chi connectivity index (χ4n) is 2.91. The Morgan fingerprint density at radius 2 is 1.86 bits per heavy atom. The fraction of sp³-hybridized carbons (Fsp3) is 0.167. The van der Waals surface area contributed by atoms with E-state index in [4.69, 9.17) is 4.74 Å². The maximum atomic E-state index is 12.6. The fourth-order valence-corrected chi connectivity index (χ4v) is 5.45. The first-order valence-corrected chi connectivity index (χ1v) is 10.8. The number of ether oxygens (including phenoxy) is 1. The number of benzene rings is 2. The molecule has 3 aromatic rings. The highest BCUT2D eigenvalue weighted by molar-refractivity contribution is 7.99. The molecule has 2 aromatic carbocycles. The van der Waals surface area contributed by atoms with E-state index in [-0.39, 0.29) is 17.0 Å². The van der Waals surface area contributed by atoms with E-state index in [9.17, 15) is 13.2 Å². The third-order valence-electron chi connectivity index (χ3n) is 4.30. The number of carbonyl (C=O) groups is 1. The van der Waals surface area contributed by atoms with E-state index in [1.54, 1.807) is 30.1 Å². The number of nitrogens with zero attached hydrogens (tertiary/aromatic N) is 4. The molecule has 2 heterocycles. The standard InChI is InChI=1S/C18H16N4O4S2/c1-26-14-8-6-13(7-9-14)21-12-19-20-18(21)27-11-10-22-17(23)15-4-2-3-5-16(15)28(22,24)25/h2-9,12H,10-11H2,1H3. The number of rotatable bonds is 6. The Hall–Kier alpha value is -2.85. The van der Waals surface area contributed by atoms with E-state index in [0.29, 0.717) is 10.9 Å². The van der Waals surface area contributed by atoms with Crippen molar-refractivity contribution in [3.05, 3.63) is 60.4 Å². The average Bonchev–Trinajstić information content (AvgIpc) is 3.25. The summed E-state index contributed by atoms with van der Waals surface area (Å²) in [5.74, 6) is 0.601. The van der Waals surface area contributed by atoms with Crippen LogP contribution in [0.5, 0.6) is 5.75 Å². The van der Waals surface area contributed by atoms with E-state index in [2.05, 4.69) is 10.2 Å². The van der Waals surface area contributed by atoms with Gasteiger partial charge in [0.25, 0.3) is 15.9 Å². The molecule has 0 fully saturated rings. The molecule has 1 aliphatic rings. The molecule has 0 aliphatic carbocycles. The first-order valence-electron chi connectivity index (χ1n) is 8.36. The number of thioether (sulfide) groups is 1. The zero-order chi connectivity index (χ0) is 19.7. The lowest BCUT2D eigenvalue weighted by atomic mass is 10.2. The third-order valence-corrected chi connectivity index (χ3v) is 7.07. The summed E-state index contributed by atoms with van der Waals surface area (Å²) in [6.07, 6.45) is 1.58. The van der Waals surface area contributed by atoms with Crippen molar-refractivity contribution in [1.29, 1.82) is 0 Å². The van der Waals surface area contributed by atoms with Crippen LogP contribution in [0, 0.1) is 0 Å². The molecule has 0 saturated heterocycles.